The molecular formula is C24H20F4N2O3. The molecule has 1 fully saturated rings. The summed E-state index contributed by atoms with van der Waals surface area (Å²) in [6.07, 6.45) is -1.26. The van der Waals surface area contributed by atoms with Crippen LogP contribution in [-0.2, 0) is 12.8 Å². The largest absolute Gasteiger partial charge is 0.489 e. The summed E-state index contributed by atoms with van der Waals surface area (Å²) in [4.78, 5) is 19.6. The Morgan fingerprint density at radius 2 is 1.79 bits per heavy atom. The van der Waals surface area contributed by atoms with Crippen LogP contribution in [0.25, 0.3) is 0 Å². The Balaban J connectivity index is 1.69. The molecule has 0 spiro atoms. The average molecular weight is 460 g/mol. The van der Waals surface area contributed by atoms with Gasteiger partial charge in [0.15, 0.2) is 5.69 Å². The number of aromatic nitrogens is 2. The topological polar surface area (TPSA) is 72.3 Å². The first-order valence-electron chi connectivity index (χ1n) is 10.4. The number of carbonyl (C=O) groups is 1. The third-order valence-corrected chi connectivity index (χ3v) is 5.79. The monoisotopic (exact) mass is 460 g/mol. The van der Waals surface area contributed by atoms with Gasteiger partial charge in [-0.25, -0.2) is 19.2 Å². The third-order valence-electron chi connectivity index (χ3n) is 5.79. The molecule has 1 aliphatic carbocycles. The van der Waals surface area contributed by atoms with E-state index in [2.05, 4.69) is 9.97 Å². The summed E-state index contributed by atoms with van der Waals surface area (Å²) in [5.74, 6) is -1.74. The van der Waals surface area contributed by atoms with Gasteiger partial charge in [-0.3, -0.25) is 0 Å². The number of alkyl halides is 3. The second kappa shape index (κ2) is 9.17. The molecule has 2 unspecified atom stereocenters. The Morgan fingerprint density at radius 3 is 2.48 bits per heavy atom. The van der Waals surface area contributed by atoms with Crippen molar-refractivity contribution >= 4 is 5.97 Å². The maximum Gasteiger partial charge on any atom is 0.416 e. The Labute approximate surface area is 187 Å². The van der Waals surface area contributed by atoms with Crippen molar-refractivity contribution in [3.63, 3.8) is 0 Å². The lowest BCUT2D eigenvalue weighted by Crippen LogP contribution is -2.14. The molecular weight excluding hydrogens is 440 g/mol. The third kappa shape index (κ3) is 5.13. The SMILES string of the molecule is O=C(O)c1ccnc(C2CCCC2c2cc(C(F)(F)F)ccc2OCc2ccc(F)cc2)n1. The van der Waals surface area contributed by atoms with Crippen molar-refractivity contribution in [2.24, 2.45) is 0 Å². The van der Waals surface area contributed by atoms with E-state index in [0.29, 0.717) is 35.5 Å². The molecule has 0 bridgehead atoms. The van der Waals surface area contributed by atoms with Gasteiger partial charge in [-0.1, -0.05) is 18.6 Å². The quantitative estimate of drug-likeness (QED) is 0.460. The Kier molecular flexibility index (Phi) is 6.31. The molecule has 172 valence electrons. The molecule has 2 aromatic carbocycles. The summed E-state index contributed by atoms with van der Waals surface area (Å²) in [7, 11) is 0. The summed E-state index contributed by atoms with van der Waals surface area (Å²) >= 11 is 0. The van der Waals surface area contributed by atoms with Crippen LogP contribution in [0, 0.1) is 5.82 Å². The number of halogens is 4. The normalized spacial score (nSPS) is 18.3. The van der Waals surface area contributed by atoms with E-state index in [-0.39, 0.29) is 24.1 Å². The molecule has 1 heterocycles. The summed E-state index contributed by atoms with van der Waals surface area (Å²) in [6.45, 7) is 0.0566. The van der Waals surface area contributed by atoms with Crippen LogP contribution >= 0.6 is 0 Å². The molecule has 4 rings (SSSR count). The van der Waals surface area contributed by atoms with Crippen LogP contribution in [0.4, 0.5) is 17.6 Å². The Hall–Kier alpha value is -3.49. The highest BCUT2D eigenvalue weighted by atomic mass is 19.4. The highest BCUT2D eigenvalue weighted by molar-refractivity contribution is 5.85. The summed E-state index contributed by atoms with van der Waals surface area (Å²) in [5.41, 5.74) is 0.0847. The minimum atomic E-state index is -4.53. The number of rotatable bonds is 6. The Morgan fingerprint density at radius 1 is 1.06 bits per heavy atom. The number of nitrogens with zero attached hydrogens (tertiary/aromatic N) is 2. The zero-order valence-electron chi connectivity index (χ0n) is 17.3. The number of ether oxygens (including phenoxy) is 1. The number of aromatic carboxylic acids is 1. The predicted molar refractivity (Wildman–Crippen MR) is 111 cm³/mol. The van der Waals surface area contributed by atoms with Crippen LogP contribution in [0.2, 0.25) is 0 Å². The van der Waals surface area contributed by atoms with Gasteiger partial charge >= 0.3 is 12.1 Å². The van der Waals surface area contributed by atoms with Crippen molar-refractivity contribution in [1.29, 1.82) is 0 Å². The fourth-order valence-electron chi connectivity index (χ4n) is 4.20. The second-order valence-electron chi connectivity index (χ2n) is 7.91. The van der Waals surface area contributed by atoms with Crippen molar-refractivity contribution in [2.45, 2.75) is 43.9 Å². The summed E-state index contributed by atoms with van der Waals surface area (Å²) in [6, 6.07) is 10.3. The number of carboxylic acids is 1. The lowest BCUT2D eigenvalue weighted by atomic mass is 9.86. The van der Waals surface area contributed by atoms with E-state index in [0.717, 1.165) is 18.6 Å². The first-order chi connectivity index (χ1) is 15.7. The first kappa shape index (κ1) is 22.7. The van der Waals surface area contributed by atoms with Crippen molar-refractivity contribution in [1.82, 2.24) is 9.97 Å². The fourth-order valence-corrected chi connectivity index (χ4v) is 4.20. The smallest absolute Gasteiger partial charge is 0.416 e. The number of carboxylic acid groups (broad SMARTS) is 1. The van der Waals surface area contributed by atoms with Crippen LogP contribution < -0.4 is 4.74 Å². The van der Waals surface area contributed by atoms with E-state index in [1.54, 1.807) is 12.1 Å². The highest BCUT2D eigenvalue weighted by Crippen LogP contribution is 2.48. The van der Waals surface area contributed by atoms with E-state index in [9.17, 15) is 27.5 Å². The molecule has 2 atom stereocenters. The molecule has 5 nitrogen and oxygen atoms in total. The van der Waals surface area contributed by atoms with Crippen LogP contribution in [-0.4, -0.2) is 21.0 Å². The van der Waals surface area contributed by atoms with Crippen LogP contribution in [0.1, 0.15) is 64.1 Å². The molecule has 1 aliphatic rings. The van der Waals surface area contributed by atoms with Crippen LogP contribution in [0.3, 0.4) is 0 Å². The number of hydrogen-bond acceptors (Lipinski definition) is 4. The van der Waals surface area contributed by atoms with Crippen LogP contribution in [0.15, 0.2) is 54.7 Å². The first-order valence-corrected chi connectivity index (χ1v) is 10.4. The molecule has 0 amide bonds. The van der Waals surface area contributed by atoms with E-state index < -0.39 is 23.5 Å². The van der Waals surface area contributed by atoms with E-state index >= 15 is 0 Å². The molecule has 0 aliphatic heterocycles. The maximum atomic E-state index is 13.5. The van der Waals surface area contributed by atoms with E-state index in [1.165, 1.54) is 30.5 Å². The average Bonchev–Trinajstić information content (AvgIpc) is 3.28. The van der Waals surface area contributed by atoms with Crippen LogP contribution in [0.5, 0.6) is 5.75 Å². The summed E-state index contributed by atoms with van der Waals surface area (Å²) in [5, 5.41) is 9.24. The van der Waals surface area contributed by atoms with Crippen molar-refractivity contribution in [2.75, 3.05) is 0 Å². The van der Waals surface area contributed by atoms with Crippen molar-refractivity contribution in [3.8, 4) is 5.75 Å². The van der Waals surface area contributed by atoms with Gasteiger partial charge in [0, 0.05) is 12.1 Å². The van der Waals surface area contributed by atoms with E-state index in [4.69, 9.17) is 4.74 Å². The molecule has 0 radical (unpaired) electrons. The standard InChI is InChI=1S/C24H20F4N2O3/c25-16-7-4-14(5-8-16)13-33-21-9-6-15(24(26,27)28)12-19(21)17-2-1-3-18(17)22-29-11-10-20(30-22)23(31)32/h4-12,17-18H,1-3,13H2,(H,31,32). The molecule has 1 aromatic heterocycles. The molecule has 1 N–H and O–H groups in total. The van der Waals surface area contributed by atoms with Gasteiger partial charge in [0.2, 0.25) is 0 Å². The fraction of sp³-hybridized carbons (Fsp3) is 0.292. The zero-order valence-corrected chi connectivity index (χ0v) is 17.3. The van der Waals surface area contributed by atoms with Gasteiger partial charge in [-0.15, -0.1) is 0 Å². The zero-order chi connectivity index (χ0) is 23.6. The van der Waals surface area contributed by atoms with Crippen molar-refractivity contribution < 1.29 is 32.2 Å². The lowest BCUT2D eigenvalue weighted by molar-refractivity contribution is -0.137. The minimum absolute atomic E-state index is 0.0566. The molecule has 1 saturated carbocycles. The highest BCUT2D eigenvalue weighted by Gasteiger charge is 2.37. The number of benzene rings is 2. The number of hydrogen-bond donors (Lipinski definition) is 1. The van der Waals surface area contributed by atoms with Gasteiger partial charge < -0.3 is 9.84 Å². The molecule has 3 aromatic rings. The second-order valence-corrected chi connectivity index (χ2v) is 7.91. The summed E-state index contributed by atoms with van der Waals surface area (Å²) < 4.78 is 59.4. The van der Waals surface area contributed by atoms with E-state index in [1.807, 2.05) is 0 Å². The Bertz CT molecular complexity index is 1150. The van der Waals surface area contributed by atoms with Gasteiger partial charge in [0.05, 0.1) is 5.56 Å². The van der Waals surface area contributed by atoms with Gasteiger partial charge in [-0.05, 0) is 66.3 Å². The molecule has 9 heteroatoms. The maximum absolute atomic E-state index is 13.5. The van der Waals surface area contributed by atoms with Gasteiger partial charge in [0.1, 0.15) is 24.0 Å². The molecule has 33 heavy (non-hydrogen) atoms. The van der Waals surface area contributed by atoms with Gasteiger partial charge in [-0.2, -0.15) is 13.2 Å². The molecule has 0 saturated heterocycles. The lowest BCUT2D eigenvalue weighted by Gasteiger charge is -2.23. The predicted octanol–water partition coefficient (Wildman–Crippen LogP) is 5.96. The van der Waals surface area contributed by atoms with Gasteiger partial charge in [0.25, 0.3) is 0 Å². The minimum Gasteiger partial charge on any atom is -0.489 e. The van der Waals surface area contributed by atoms with Crippen molar-refractivity contribution in [3.05, 3.63) is 88.8 Å².